The first kappa shape index (κ1) is 21.6. The molecule has 32 heavy (non-hydrogen) atoms. The topological polar surface area (TPSA) is 88.1 Å². The highest BCUT2D eigenvalue weighted by Crippen LogP contribution is 2.35. The molecule has 1 N–H and O–H groups in total. The standard InChI is InChI=1S/C24H23N3O4S/c1-17(28)27-24(18-12-14-19(31-2)15-13-18)16-23(25-27)21-10-6-7-11-22(21)26-32(29,30)20-8-4-3-5-9-20/h3-15,24,26H,16H2,1-2H3/t24-/m1/s1. The Bertz CT molecular complexity index is 1260. The second-order valence-corrected chi connectivity index (χ2v) is 9.05. The van der Waals surface area contributed by atoms with Crippen LogP contribution in [0.15, 0.2) is 88.9 Å². The third kappa shape index (κ3) is 4.36. The van der Waals surface area contributed by atoms with Crippen LogP contribution in [-0.2, 0) is 14.8 Å². The molecule has 3 aromatic rings. The van der Waals surface area contributed by atoms with E-state index < -0.39 is 10.0 Å². The molecule has 3 aromatic carbocycles. The molecule has 1 aliphatic heterocycles. The van der Waals surface area contributed by atoms with Crippen molar-refractivity contribution in [3.05, 3.63) is 90.0 Å². The number of nitrogens with one attached hydrogen (secondary N) is 1. The predicted octanol–water partition coefficient (Wildman–Crippen LogP) is 4.19. The first-order chi connectivity index (χ1) is 15.4. The number of amides is 1. The van der Waals surface area contributed by atoms with Gasteiger partial charge in [-0.05, 0) is 35.9 Å². The van der Waals surface area contributed by atoms with Crippen LogP contribution in [0.3, 0.4) is 0 Å². The summed E-state index contributed by atoms with van der Waals surface area (Å²) in [6, 6.07) is 22.4. The number of hydrazone groups is 1. The SMILES string of the molecule is COc1ccc([C@H]2CC(c3ccccc3NS(=O)(=O)c3ccccc3)=NN2C(C)=O)cc1. The molecular weight excluding hydrogens is 426 g/mol. The summed E-state index contributed by atoms with van der Waals surface area (Å²) < 4.78 is 33.6. The Morgan fingerprint density at radius 1 is 1.00 bits per heavy atom. The van der Waals surface area contributed by atoms with Gasteiger partial charge in [-0.2, -0.15) is 5.10 Å². The molecule has 0 aliphatic carbocycles. The molecule has 7 nitrogen and oxygen atoms in total. The van der Waals surface area contributed by atoms with Crippen molar-refractivity contribution in [2.24, 2.45) is 5.10 Å². The van der Waals surface area contributed by atoms with Crippen molar-refractivity contribution < 1.29 is 17.9 Å². The highest BCUT2D eigenvalue weighted by atomic mass is 32.2. The number of hydrogen-bond acceptors (Lipinski definition) is 5. The fourth-order valence-corrected chi connectivity index (χ4v) is 4.78. The largest absolute Gasteiger partial charge is 0.497 e. The van der Waals surface area contributed by atoms with E-state index in [1.54, 1.807) is 43.5 Å². The second kappa shape index (κ2) is 8.84. The lowest BCUT2D eigenvalue weighted by molar-refractivity contribution is -0.130. The van der Waals surface area contributed by atoms with E-state index >= 15 is 0 Å². The van der Waals surface area contributed by atoms with Gasteiger partial charge in [0, 0.05) is 18.9 Å². The van der Waals surface area contributed by atoms with Gasteiger partial charge >= 0.3 is 0 Å². The van der Waals surface area contributed by atoms with Gasteiger partial charge in [-0.15, -0.1) is 0 Å². The van der Waals surface area contributed by atoms with E-state index in [0.29, 0.717) is 23.4 Å². The van der Waals surface area contributed by atoms with E-state index in [1.165, 1.54) is 24.1 Å². The molecule has 1 amide bonds. The van der Waals surface area contributed by atoms with Crippen LogP contribution in [0.4, 0.5) is 5.69 Å². The van der Waals surface area contributed by atoms with E-state index in [9.17, 15) is 13.2 Å². The number of para-hydroxylation sites is 1. The molecule has 0 fully saturated rings. The minimum absolute atomic E-state index is 0.171. The summed E-state index contributed by atoms with van der Waals surface area (Å²) in [5.41, 5.74) is 2.60. The summed E-state index contributed by atoms with van der Waals surface area (Å²) in [5, 5.41) is 6.00. The average Bonchev–Trinajstić information content (AvgIpc) is 3.25. The molecule has 4 rings (SSSR count). The predicted molar refractivity (Wildman–Crippen MR) is 123 cm³/mol. The molecule has 1 atom stereocenters. The van der Waals surface area contributed by atoms with Crippen LogP contribution in [0, 0.1) is 0 Å². The highest BCUT2D eigenvalue weighted by molar-refractivity contribution is 7.92. The molecule has 0 saturated carbocycles. The number of nitrogens with zero attached hydrogens (tertiary/aromatic N) is 2. The second-order valence-electron chi connectivity index (χ2n) is 7.37. The molecule has 0 bridgehead atoms. The average molecular weight is 450 g/mol. The number of benzene rings is 3. The van der Waals surface area contributed by atoms with Crippen LogP contribution in [0.5, 0.6) is 5.75 Å². The summed E-state index contributed by atoms with van der Waals surface area (Å²) in [6.07, 6.45) is 0.454. The molecule has 1 aliphatic rings. The molecule has 0 unspecified atom stereocenters. The normalized spacial score (nSPS) is 15.9. The molecule has 164 valence electrons. The summed E-state index contributed by atoms with van der Waals surface area (Å²) in [6.45, 7) is 1.47. The van der Waals surface area contributed by atoms with Gasteiger partial charge in [-0.3, -0.25) is 9.52 Å². The Morgan fingerprint density at radius 3 is 2.31 bits per heavy atom. The maximum Gasteiger partial charge on any atom is 0.261 e. The van der Waals surface area contributed by atoms with Crippen molar-refractivity contribution in [2.45, 2.75) is 24.3 Å². The molecule has 8 heteroatoms. The van der Waals surface area contributed by atoms with Crippen LogP contribution in [0.1, 0.15) is 30.5 Å². The van der Waals surface area contributed by atoms with E-state index in [0.717, 1.165) is 11.3 Å². The molecular formula is C24H23N3O4S. The van der Waals surface area contributed by atoms with Crippen LogP contribution in [-0.4, -0.2) is 32.2 Å². The number of anilines is 1. The van der Waals surface area contributed by atoms with Gasteiger partial charge in [0.1, 0.15) is 5.75 Å². The quantitative estimate of drug-likeness (QED) is 0.611. The zero-order valence-corrected chi connectivity index (χ0v) is 18.5. The van der Waals surface area contributed by atoms with Gasteiger partial charge in [0.2, 0.25) is 5.91 Å². The van der Waals surface area contributed by atoms with Gasteiger partial charge in [0.25, 0.3) is 10.0 Å². The first-order valence-electron chi connectivity index (χ1n) is 10.1. The zero-order chi connectivity index (χ0) is 22.7. The zero-order valence-electron chi connectivity index (χ0n) is 17.7. The van der Waals surface area contributed by atoms with Crippen molar-refractivity contribution in [1.29, 1.82) is 0 Å². The van der Waals surface area contributed by atoms with Crippen molar-refractivity contribution in [3.63, 3.8) is 0 Å². The monoisotopic (exact) mass is 449 g/mol. The highest BCUT2D eigenvalue weighted by Gasteiger charge is 2.32. The molecule has 0 aromatic heterocycles. The van der Waals surface area contributed by atoms with E-state index in [-0.39, 0.29) is 16.8 Å². The molecule has 0 spiro atoms. The number of rotatable bonds is 6. The molecule has 0 radical (unpaired) electrons. The van der Waals surface area contributed by atoms with Crippen LogP contribution < -0.4 is 9.46 Å². The van der Waals surface area contributed by atoms with Crippen molar-refractivity contribution in [1.82, 2.24) is 5.01 Å². The van der Waals surface area contributed by atoms with Gasteiger partial charge in [-0.25, -0.2) is 13.4 Å². The van der Waals surface area contributed by atoms with Gasteiger partial charge in [-0.1, -0.05) is 48.5 Å². The van der Waals surface area contributed by atoms with Gasteiger partial charge < -0.3 is 4.74 Å². The maximum absolute atomic E-state index is 12.9. The van der Waals surface area contributed by atoms with Crippen LogP contribution in [0.25, 0.3) is 0 Å². The van der Waals surface area contributed by atoms with E-state index in [4.69, 9.17) is 4.74 Å². The minimum Gasteiger partial charge on any atom is -0.497 e. The minimum atomic E-state index is -3.77. The van der Waals surface area contributed by atoms with Crippen LogP contribution >= 0.6 is 0 Å². The maximum atomic E-state index is 12.9. The third-order valence-corrected chi connectivity index (χ3v) is 6.65. The lowest BCUT2D eigenvalue weighted by atomic mass is 9.97. The lowest BCUT2D eigenvalue weighted by Crippen LogP contribution is -2.24. The third-order valence-electron chi connectivity index (χ3n) is 5.27. The number of carbonyl (C=O) groups excluding carboxylic acids is 1. The summed E-state index contributed by atoms with van der Waals surface area (Å²) in [7, 11) is -2.17. The number of carbonyl (C=O) groups is 1. The summed E-state index contributed by atoms with van der Waals surface area (Å²) in [4.78, 5) is 12.5. The van der Waals surface area contributed by atoms with E-state index in [1.807, 2.05) is 30.3 Å². The lowest BCUT2D eigenvalue weighted by Gasteiger charge is -2.20. The Kier molecular flexibility index (Phi) is 5.96. The fourth-order valence-electron chi connectivity index (χ4n) is 3.68. The number of sulfonamides is 1. The van der Waals surface area contributed by atoms with Crippen molar-refractivity contribution >= 4 is 27.3 Å². The Labute approximate surface area is 187 Å². The number of ether oxygens (including phenoxy) is 1. The first-order valence-corrected chi connectivity index (χ1v) is 11.6. The van der Waals surface area contributed by atoms with Gasteiger partial charge in [0.15, 0.2) is 0 Å². The summed E-state index contributed by atoms with van der Waals surface area (Å²) in [5.74, 6) is 0.533. The number of hydrogen-bond donors (Lipinski definition) is 1. The van der Waals surface area contributed by atoms with E-state index in [2.05, 4.69) is 9.82 Å². The van der Waals surface area contributed by atoms with Crippen LogP contribution in [0.2, 0.25) is 0 Å². The summed E-state index contributed by atoms with van der Waals surface area (Å²) >= 11 is 0. The smallest absolute Gasteiger partial charge is 0.261 e. The Hall–Kier alpha value is -3.65. The van der Waals surface area contributed by atoms with Crippen molar-refractivity contribution in [3.8, 4) is 5.75 Å². The van der Waals surface area contributed by atoms with Gasteiger partial charge in [0.05, 0.1) is 29.4 Å². The Balaban J connectivity index is 1.66. The molecule has 0 saturated heterocycles. The number of methoxy groups -OCH3 is 1. The Morgan fingerprint density at radius 2 is 1.66 bits per heavy atom. The van der Waals surface area contributed by atoms with Crippen molar-refractivity contribution in [2.75, 3.05) is 11.8 Å². The molecule has 1 heterocycles. The fraction of sp³-hybridized carbons (Fsp3) is 0.167.